The van der Waals surface area contributed by atoms with Gasteiger partial charge in [-0.3, -0.25) is 11.1 Å². The van der Waals surface area contributed by atoms with Crippen LogP contribution in [0.3, 0.4) is 0 Å². The number of benzene rings is 1. The Morgan fingerprint density at radius 2 is 1.95 bits per heavy atom. The SMILES string of the molecule is CCCCSc1nnc2c(n1)[nH]c1c(C)[c-]c(C)[c-]c12.[W].[Y]. The maximum Gasteiger partial charge on any atom is 0.211 e. The van der Waals surface area contributed by atoms with Gasteiger partial charge >= 0.3 is 0 Å². The van der Waals surface area contributed by atoms with Crippen LogP contribution in [0, 0.1) is 26.0 Å². The largest absolute Gasteiger partial charge is 0.444 e. The number of aryl methyl sites for hydroxylation is 2. The maximum atomic E-state index is 4.55. The number of nitrogens with zero attached hydrogens (tertiary/aromatic N) is 3. The maximum absolute atomic E-state index is 4.55. The van der Waals surface area contributed by atoms with Gasteiger partial charge in [0, 0.05) is 59.5 Å². The Kier molecular flexibility index (Phi) is 8.15. The van der Waals surface area contributed by atoms with Crippen molar-refractivity contribution in [2.75, 3.05) is 5.75 Å². The van der Waals surface area contributed by atoms with Crippen molar-refractivity contribution in [3.8, 4) is 0 Å². The molecule has 113 valence electrons. The zero-order valence-corrected chi connectivity index (χ0v) is 19.4. The summed E-state index contributed by atoms with van der Waals surface area (Å²) in [5.74, 6) is 1.03. The van der Waals surface area contributed by atoms with Crippen LogP contribution in [0.5, 0.6) is 0 Å². The van der Waals surface area contributed by atoms with Crippen LogP contribution in [0.2, 0.25) is 0 Å². The molecular weight excluding hydrogens is 541 g/mol. The van der Waals surface area contributed by atoms with Gasteiger partial charge < -0.3 is 17.1 Å². The standard InChI is InChI=1S/C15H16N4S.W.Y/c1-4-5-6-20-15-17-14-13(18-19-15)11-8-9(2)7-10(3)12(11)16-14;;/h4-6H2,1-3H3,(H,16,17,19);;/q-2;;. The fourth-order valence-corrected chi connectivity index (χ4v) is 3.07. The Morgan fingerprint density at radius 1 is 1.18 bits per heavy atom. The van der Waals surface area contributed by atoms with Crippen molar-refractivity contribution in [1.82, 2.24) is 20.2 Å². The Labute approximate surface area is 174 Å². The molecule has 0 fully saturated rings. The normalized spacial score (nSPS) is 10.5. The van der Waals surface area contributed by atoms with Crippen molar-refractivity contribution in [2.45, 2.75) is 38.8 Å². The van der Waals surface area contributed by atoms with Crippen molar-refractivity contribution in [2.24, 2.45) is 0 Å². The van der Waals surface area contributed by atoms with E-state index in [0.29, 0.717) is 0 Å². The molecule has 0 aliphatic carbocycles. The zero-order valence-electron chi connectivity index (χ0n) is 12.9. The zero-order chi connectivity index (χ0) is 14.1. The van der Waals surface area contributed by atoms with E-state index < -0.39 is 0 Å². The molecule has 0 saturated heterocycles. The monoisotopic (exact) mass is 557 g/mol. The predicted octanol–water partition coefficient (Wildman–Crippen LogP) is 3.61. The number of aromatic amines is 1. The molecule has 0 aliphatic rings. The molecule has 1 aromatic carbocycles. The molecule has 0 atom stereocenters. The van der Waals surface area contributed by atoms with E-state index >= 15 is 0 Å². The number of fused-ring (bicyclic) bond motifs is 3. The third-order valence-electron chi connectivity index (χ3n) is 3.19. The van der Waals surface area contributed by atoms with Crippen molar-refractivity contribution in [1.29, 1.82) is 0 Å². The molecule has 2 heterocycles. The first-order valence-corrected chi connectivity index (χ1v) is 7.78. The molecule has 1 radical (unpaired) electrons. The van der Waals surface area contributed by atoms with Crippen LogP contribution in [0.15, 0.2) is 5.16 Å². The second-order valence-corrected chi connectivity index (χ2v) is 5.93. The molecule has 0 bridgehead atoms. The fourth-order valence-electron chi connectivity index (χ4n) is 2.20. The number of nitrogens with one attached hydrogen (secondary N) is 1. The van der Waals surface area contributed by atoms with E-state index in [1.807, 2.05) is 13.8 Å². The Bertz CT molecular complexity index is 775. The number of aromatic nitrogens is 4. The molecule has 3 aromatic rings. The number of hydrogen-bond acceptors (Lipinski definition) is 4. The average molecular weight is 557 g/mol. The Morgan fingerprint density at radius 3 is 2.68 bits per heavy atom. The molecule has 4 nitrogen and oxygen atoms in total. The molecule has 0 saturated carbocycles. The van der Waals surface area contributed by atoms with Crippen molar-refractivity contribution < 1.29 is 53.8 Å². The number of hydrogen-bond donors (Lipinski definition) is 1. The molecule has 1 N–H and O–H groups in total. The van der Waals surface area contributed by atoms with Crippen LogP contribution in [0.4, 0.5) is 0 Å². The Balaban J connectivity index is 0.00000121. The van der Waals surface area contributed by atoms with Crippen LogP contribution in [0.25, 0.3) is 22.1 Å². The van der Waals surface area contributed by atoms with Gasteiger partial charge in [0.1, 0.15) is 5.65 Å². The van der Waals surface area contributed by atoms with E-state index in [1.165, 1.54) is 12.8 Å². The van der Waals surface area contributed by atoms with E-state index in [0.717, 1.165) is 44.1 Å². The van der Waals surface area contributed by atoms with E-state index in [9.17, 15) is 0 Å². The minimum absolute atomic E-state index is 0. The van der Waals surface area contributed by atoms with Gasteiger partial charge in [0.2, 0.25) is 5.16 Å². The van der Waals surface area contributed by atoms with E-state index in [1.54, 1.807) is 11.8 Å². The first-order chi connectivity index (χ1) is 9.69. The van der Waals surface area contributed by atoms with E-state index in [-0.39, 0.29) is 53.8 Å². The van der Waals surface area contributed by atoms with Gasteiger partial charge in [-0.1, -0.05) is 39.0 Å². The van der Waals surface area contributed by atoms with E-state index in [4.69, 9.17) is 0 Å². The topological polar surface area (TPSA) is 54.5 Å². The third kappa shape index (κ3) is 4.17. The molecule has 0 spiro atoms. The van der Waals surface area contributed by atoms with Gasteiger partial charge in [-0.25, -0.2) is 10.4 Å². The summed E-state index contributed by atoms with van der Waals surface area (Å²) in [4.78, 5) is 7.87. The van der Waals surface area contributed by atoms with Crippen LogP contribution in [-0.2, 0) is 53.8 Å². The second kappa shape index (κ2) is 8.87. The molecule has 7 heteroatoms. The minimum atomic E-state index is 0. The third-order valence-corrected chi connectivity index (χ3v) is 4.11. The number of rotatable bonds is 4. The van der Waals surface area contributed by atoms with Crippen molar-refractivity contribution >= 4 is 33.8 Å². The molecule has 22 heavy (non-hydrogen) atoms. The van der Waals surface area contributed by atoms with Gasteiger partial charge in [0.15, 0.2) is 0 Å². The minimum Gasteiger partial charge on any atom is -0.444 e. The quantitative estimate of drug-likeness (QED) is 0.303. The first-order valence-electron chi connectivity index (χ1n) is 6.79. The summed E-state index contributed by atoms with van der Waals surface area (Å²) < 4.78 is 0. The molecule has 0 unspecified atom stereocenters. The van der Waals surface area contributed by atoms with Crippen LogP contribution >= 0.6 is 11.8 Å². The average Bonchev–Trinajstić information content (AvgIpc) is 2.77. The van der Waals surface area contributed by atoms with Crippen molar-refractivity contribution in [3.05, 3.63) is 23.3 Å². The van der Waals surface area contributed by atoms with Gasteiger partial charge in [-0.2, -0.15) is 5.52 Å². The summed E-state index contributed by atoms with van der Waals surface area (Å²) in [6.07, 6.45) is 2.35. The van der Waals surface area contributed by atoms with Gasteiger partial charge in [-0.15, -0.1) is 10.2 Å². The summed E-state index contributed by atoms with van der Waals surface area (Å²) in [6.45, 7) is 6.20. The van der Waals surface area contributed by atoms with E-state index in [2.05, 4.69) is 39.2 Å². The molecule has 0 amide bonds. The van der Waals surface area contributed by atoms with Gasteiger partial charge in [0.25, 0.3) is 0 Å². The fraction of sp³-hybridized carbons (Fsp3) is 0.400. The molecule has 0 aliphatic heterocycles. The second-order valence-electron chi connectivity index (χ2n) is 4.87. The predicted molar refractivity (Wildman–Crippen MR) is 82.0 cm³/mol. The van der Waals surface area contributed by atoms with Crippen molar-refractivity contribution in [3.63, 3.8) is 0 Å². The van der Waals surface area contributed by atoms with Crippen LogP contribution in [0.1, 0.15) is 30.9 Å². The van der Waals surface area contributed by atoms with Gasteiger partial charge in [-0.05, 0) is 6.42 Å². The van der Waals surface area contributed by atoms with Crippen LogP contribution in [-0.4, -0.2) is 25.9 Å². The van der Waals surface area contributed by atoms with Crippen LogP contribution < -0.4 is 0 Å². The summed E-state index contributed by atoms with van der Waals surface area (Å²) in [5.41, 5.74) is 4.63. The number of unbranched alkanes of at least 4 members (excludes halogenated alkanes) is 1. The first kappa shape index (κ1) is 20.2. The summed E-state index contributed by atoms with van der Waals surface area (Å²) in [7, 11) is 0. The summed E-state index contributed by atoms with van der Waals surface area (Å²) in [6, 6.07) is 6.55. The Hall–Kier alpha value is 0.172. The smallest absolute Gasteiger partial charge is 0.211 e. The summed E-state index contributed by atoms with van der Waals surface area (Å²) in [5, 5.41) is 10.2. The summed E-state index contributed by atoms with van der Waals surface area (Å²) >= 11 is 1.65. The molecular formula is C15H16N4SWY-2. The number of thioether (sulfide) groups is 1. The van der Waals surface area contributed by atoms with Gasteiger partial charge in [0.05, 0.1) is 5.52 Å². The molecule has 3 rings (SSSR count). The number of H-pyrrole nitrogens is 1. The molecule has 2 aromatic heterocycles.